The van der Waals surface area contributed by atoms with Crippen LogP contribution in [0, 0.1) is 51.4 Å². The van der Waals surface area contributed by atoms with Crippen LogP contribution < -0.4 is 32.8 Å². The summed E-state index contributed by atoms with van der Waals surface area (Å²) in [6.07, 6.45) is 3.10. The molecule has 0 saturated heterocycles. The number of carboxylic acid groups (broad SMARTS) is 1. The number of nitrogens with two attached hydrogens (primary N) is 1. The highest BCUT2D eigenvalue weighted by atomic mass is 35.5. The molecule has 4 aromatic carbocycles. The molecule has 0 unspecified atom stereocenters. The highest BCUT2D eigenvalue weighted by Crippen LogP contribution is 2.20. The summed E-state index contributed by atoms with van der Waals surface area (Å²) in [5, 5.41) is 14.9. The molecule has 0 aliphatic heterocycles. The van der Waals surface area contributed by atoms with Crippen LogP contribution in [0.15, 0.2) is 109 Å². The standard InChI is InChI=1S/C25H21ClN4O3.C17H14N2O3.C8H9ClN2O/c1-15-7-10-20(24(32)29-30-25(33)23-16(2)5-4-6-21(23)26)13-19(15)11-8-18-9-12-22(27-14-18)28-17(3)31;1-11-3-6-15(17(21)22)9-14(11)7-4-13-5-8-16(18-10-13)19-12(2)20;1-5-3-2-4-6(9)7(5)8(12)11-10/h4-7,9-10,12-14H,1-3H3,(H,29,32)(H,30,33)(H,27,28,31);3,5-6,8-10H,1-2H3,(H,21,22)(H,18,19,20);2-4H,10H2,1H3,(H,11,12). The number of hydrogen-bond donors (Lipinski definition) is 7. The van der Waals surface area contributed by atoms with Crippen LogP contribution in [-0.2, 0) is 9.59 Å². The fraction of sp³-hybridized carbons (Fsp3) is 0.120. The number of pyridine rings is 2. The molecule has 6 rings (SSSR count). The van der Waals surface area contributed by atoms with Crippen molar-refractivity contribution in [3.8, 4) is 23.7 Å². The molecule has 0 radical (unpaired) electrons. The molecule has 15 nitrogen and oxygen atoms in total. The topological polar surface area (TPSA) is 235 Å². The number of anilines is 2. The molecular formula is C50H44Cl2N8O7. The van der Waals surface area contributed by atoms with Gasteiger partial charge in [0.25, 0.3) is 17.7 Å². The van der Waals surface area contributed by atoms with E-state index >= 15 is 0 Å². The van der Waals surface area contributed by atoms with Crippen molar-refractivity contribution in [3.05, 3.63) is 186 Å². The molecule has 0 fully saturated rings. The zero-order valence-corrected chi connectivity index (χ0v) is 38.5. The van der Waals surface area contributed by atoms with Crippen molar-refractivity contribution < 1.29 is 33.9 Å². The Bertz CT molecular complexity index is 2930. The Balaban J connectivity index is 0.000000246. The molecule has 0 bridgehead atoms. The maximum atomic E-state index is 12.6. The Labute approximate surface area is 396 Å². The number of hydrogen-bond acceptors (Lipinski definition) is 9. The Morgan fingerprint density at radius 2 is 0.970 bits per heavy atom. The molecule has 5 amide bonds. The Morgan fingerprint density at radius 1 is 0.537 bits per heavy atom. The van der Waals surface area contributed by atoms with Gasteiger partial charge in [-0.25, -0.2) is 20.6 Å². The predicted molar refractivity (Wildman–Crippen MR) is 257 cm³/mol. The number of aromatic carboxylic acids is 1. The van der Waals surface area contributed by atoms with Crippen LogP contribution in [0.2, 0.25) is 10.0 Å². The number of nitrogens with zero attached hydrogens (tertiary/aromatic N) is 2. The van der Waals surface area contributed by atoms with Gasteiger partial charge >= 0.3 is 5.97 Å². The van der Waals surface area contributed by atoms with Crippen molar-refractivity contribution in [2.45, 2.75) is 41.5 Å². The van der Waals surface area contributed by atoms with Gasteiger partial charge in [-0.05, 0) is 111 Å². The van der Waals surface area contributed by atoms with Gasteiger partial charge in [-0.15, -0.1) is 0 Å². The summed E-state index contributed by atoms with van der Waals surface area (Å²) in [7, 11) is 0. The number of amides is 5. The van der Waals surface area contributed by atoms with E-state index in [0.29, 0.717) is 66.2 Å². The molecule has 0 atom stereocenters. The summed E-state index contributed by atoms with van der Waals surface area (Å²) in [6, 6.07) is 27.0. The summed E-state index contributed by atoms with van der Waals surface area (Å²) in [4.78, 5) is 77.3. The van der Waals surface area contributed by atoms with Crippen LogP contribution in [0.25, 0.3) is 0 Å². The molecule has 6 aromatic rings. The number of hydrazine groups is 2. The molecule has 17 heteroatoms. The van der Waals surface area contributed by atoms with Crippen LogP contribution in [0.5, 0.6) is 0 Å². The van der Waals surface area contributed by atoms with Crippen molar-refractivity contribution in [1.29, 1.82) is 0 Å². The first-order chi connectivity index (χ1) is 31.9. The first kappa shape index (κ1) is 51.3. The quantitative estimate of drug-likeness (QED) is 0.0376. The summed E-state index contributed by atoms with van der Waals surface area (Å²) in [6.45, 7) is 10.1. The minimum Gasteiger partial charge on any atom is -0.478 e. The third-order valence-corrected chi connectivity index (χ3v) is 9.75. The maximum Gasteiger partial charge on any atom is 0.335 e. The third-order valence-electron chi connectivity index (χ3n) is 9.12. The fourth-order valence-corrected chi connectivity index (χ4v) is 6.29. The van der Waals surface area contributed by atoms with E-state index in [4.69, 9.17) is 34.2 Å². The molecule has 67 heavy (non-hydrogen) atoms. The van der Waals surface area contributed by atoms with Crippen molar-refractivity contribution in [3.63, 3.8) is 0 Å². The zero-order chi connectivity index (χ0) is 49.2. The fourth-order valence-electron chi connectivity index (χ4n) is 5.67. The molecule has 8 N–H and O–H groups in total. The van der Waals surface area contributed by atoms with Gasteiger partial charge in [0.2, 0.25) is 11.8 Å². The van der Waals surface area contributed by atoms with E-state index in [1.54, 1.807) is 123 Å². The van der Waals surface area contributed by atoms with Gasteiger partial charge in [-0.2, -0.15) is 0 Å². The normalized spacial score (nSPS) is 9.75. The Morgan fingerprint density at radius 3 is 1.37 bits per heavy atom. The Hall–Kier alpha value is -8.34. The number of nitrogen functional groups attached to an aromatic ring is 1. The first-order valence-electron chi connectivity index (χ1n) is 19.9. The molecular weight excluding hydrogens is 896 g/mol. The van der Waals surface area contributed by atoms with Gasteiger partial charge in [-0.3, -0.25) is 40.3 Å². The third kappa shape index (κ3) is 15.7. The number of carbonyl (C=O) groups excluding carboxylic acids is 5. The van der Waals surface area contributed by atoms with E-state index in [9.17, 15) is 28.8 Å². The summed E-state index contributed by atoms with van der Waals surface area (Å²) >= 11 is 11.9. The number of rotatable bonds is 6. The molecule has 340 valence electrons. The minimum absolute atomic E-state index is 0.188. The smallest absolute Gasteiger partial charge is 0.335 e. The number of nitrogens with one attached hydrogen (secondary N) is 5. The van der Waals surface area contributed by atoms with Gasteiger partial charge in [0.1, 0.15) is 11.6 Å². The molecule has 2 heterocycles. The highest BCUT2D eigenvalue weighted by molar-refractivity contribution is 6.34. The number of aromatic nitrogens is 2. The zero-order valence-electron chi connectivity index (χ0n) is 37.0. The number of benzene rings is 4. The average molecular weight is 940 g/mol. The van der Waals surface area contributed by atoms with Crippen LogP contribution in [-0.4, -0.2) is 50.6 Å². The number of aryl methyl sites for hydroxylation is 4. The SMILES string of the molecule is CC(=O)Nc1ccc(C#Cc2cc(C(=O)NNC(=O)c3c(C)cccc3Cl)ccc2C)cn1.CC(=O)Nc1ccc(C#Cc2cc(C(=O)O)ccc2C)cn1.Cc1cccc(Cl)c1C(=O)NN. The van der Waals surface area contributed by atoms with Gasteiger partial charge in [0.05, 0.1) is 26.7 Å². The number of carboxylic acids is 1. The molecule has 0 aliphatic carbocycles. The minimum atomic E-state index is -0.982. The molecule has 0 saturated carbocycles. The van der Waals surface area contributed by atoms with Crippen LogP contribution >= 0.6 is 23.2 Å². The maximum absolute atomic E-state index is 12.6. The summed E-state index contributed by atoms with van der Waals surface area (Å²) < 4.78 is 0. The lowest BCUT2D eigenvalue weighted by Crippen LogP contribution is -2.42. The highest BCUT2D eigenvalue weighted by Gasteiger charge is 2.15. The van der Waals surface area contributed by atoms with Crippen molar-refractivity contribution in [2.75, 3.05) is 10.6 Å². The second-order valence-electron chi connectivity index (χ2n) is 14.3. The van der Waals surface area contributed by atoms with Crippen LogP contribution in [0.4, 0.5) is 11.6 Å². The van der Waals surface area contributed by atoms with E-state index in [0.717, 1.165) is 16.7 Å². The van der Waals surface area contributed by atoms with Gasteiger partial charge < -0.3 is 15.7 Å². The molecule has 0 spiro atoms. The van der Waals surface area contributed by atoms with Crippen molar-refractivity contribution in [2.24, 2.45) is 5.84 Å². The largest absolute Gasteiger partial charge is 0.478 e. The van der Waals surface area contributed by atoms with E-state index in [-0.39, 0.29) is 23.3 Å². The molecule has 0 aliphatic rings. The van der Waals surface area contributed by atoms with Crippen molar-refractivity contribution >= 4 is 70.3 Å². The lowest BCUT2D eigenvalue weighted by Gasteiger charge is -2.11. The number of carbonyl (C=O) groups is 6. The van der Waals surface area contributed by atoms with Gasteiger partial charge in [0, 0.05) is 54.1 Å². The second kappa shape index (κ2) is 24.6. The average Bonchev–Trinajstić information content (AvgIpc) is 3.28. The van der Waals surface area contributed by atoms with E-state index < -0.39 is 17.8 Å². The Kier molecular flexibility index (Phi) is 18.9. The number of halogens is 2. The van der Waals surface area contributed by atoms with E-state index in [1.165, 1.54) is 13.8 Å². The lowest BCUT2D eigenvalue weighted by atomic mass is 10.0. The van der Waals surface area contributed by atoms with Crippen molar-refractivity contribution in [1.82, 2.24) is 26.2 Å². The predicted octanol–water partition coefficient (Wildman–Crippen LogP) is 7.48. The van der Waals surface area contributed by atoms with Gasteiger partial charge in [-0.1, -0.05) is 83.3 Å². The summed E-state index contributed by atoms with van der Waals surface area (Å²) in [5.74, 6) is 15.0. The van der Waals surface area contributed by atoms with Crippen LogP contribution in [0.1, 0.15) is 99.8 Å². The van der Waals surface area contributed by atoms with E-state index in [2.05, 4.69) is 55.1 Å². The van der Waals surface area contributed by atoms with Gasteiger partial charge in [0.15, 0.2) is 0 Å². The summed E-state index contributed by atoms with van der Waals surface area (Å²) in [5.41, 5.74) is 14.0. The lowest BCUT2D eigenvalue weighted by molar-refractivity contribution is -0.115. The molecule has 2 aromatic heterocycles. The van der Waals surface area contributed by atoms with E-state index in [1.807, 2.05) is 19.3 Å². The van der Waals surface area contributed by atoms with Crippen LogP contribution in [0.3, 0.4) is 0 Å². The monoisotopic (exact) mass is 938 g/mol. The second-order valence-corrected chi connectivity index (χ2v) is 15.2. The first-order valence-corrected chi connectivity index (χ1v) is 20.7.